The molecule has 3 aromatic rings. The number of amides is 1. The van der Waals surface area contributed by atoms with E-state index in [1.165, 1.54) is 18.2 Å². The maximum Gasteiger partial charge on any atom is 0.446 e. The molecule has 0 spiro atoms. The Morgan fingerprint density at radius 2 is 1.85 bits per heavy atom. The number of aromatic nitrogens is 2. The monoisotopic (exact) mass is 399 g/mol. The van der Waals surface area contributed by atoms with E-state index in [-0.39, 0.29) is 34.1 Å². The lowest BCUT2D eigenvalue weighted by Gasteiger charge is -2.07. The van der Waals surface area contributed by atoms with E-state index in [1.807, 2.05) is 0 Å². The SMILES string of the molecule is O=C(Nc1nnc(-c2ccc(Cl)cc2)o1)c1cccc(SC(F)(F)F)c1. The number of benzene rings is 2. The van der Waals surface area contributed by atoms with Crippen molar-refractivity contribution in [3.05, 3.63) is 59.1 Å². The van der Waals surface area contributed by atoms with Gasteiger partial charge in [-0.05, 0) is 54.2 Å². The van der Waals surface area contributed by atoms with E-state index >= 15 is 0 Å². The standard InChI is InChI=1S/C16H9ClF3N3O2S/c17-11-6-4-9(5-7-11)14-22-23-15(25-14)21-13(24)10-2-1-3-12(8-10)26-16(18,19)20/h1-8H,(H,21,23,24). The summed E-state index contributed by atoms with van der Waals surface area (Å²) in [6.07, 6.45) is 0. The van der Waals surface area contributed by atoms with Crippen LogP contribution in [-0.2, 0) is 0 Å². The highest BCUT2D eigenvalue weighted by Gasteiger charge is 2.29. The highest BCUT2D eigenvalue weighted by Crippen LogP contribution is 2.37. The van der Waals surface area contributed by atoms with Crippen LogP contribution in [0.4, 0.5) is 19.2 Å². The molecule has 0 unspecified atom stereocenters. The van der Waals surface area contributed by atoms with E-state index < -0.39 is 11.4 Å². The van der Waals surface area contributed by atoms with Crippen molar-refractivity contribution in [2.24, 2.45) is 0 Å². The van der Waals surface area contributed by atoms with Gasteiger partial charge in [-0.2, -0.15) is 13.2 Å². The summed E-state index contributed by atoms with van der Waals surface area (Å²) in [6, 6.07) is 11.6. The van der Waals surface area contributed by atoms with Gasteiger partial charge in [0, 0.05) is 21.0 Å². The first kappa shape index (κ1) is 18.3. The zero-order valence-electron chi connectivity index (χ0n) is 12.7. The first-order chi connectivity index (χ1) is 12.3. The minimum absolute atomic E-state index is 0.0329. The zero-order valence-corrected chi connectivity index (χ0v) is 14.3. The Morgan fingerprint density at radius 1 is 1.12 bits per heavy atom. The molecule has 1 N–H and O–H groups in total. The van der Waals surface area contributed by atoms with Gasteiger partial charge < -0.3 is 4.42 Å². The van der Waals surface area contributed by atoms with Gasteiger partial charge in [0.25, 0.3) is 5.91 Å². The average molecular weight is 400 g/mol. The molecular weight excluding hydrogens is 391 g/mol. The lowest BCUT2D eigenvalue weighted by Crippen LogP contribution is -2.12. The Bertz CT molecular complexity index is 929. The Labute approximate surface area is 154 Å². The molecule has 0 aliphatic rings. The maximum atomic E-state index is 12.4. The Kier molecular flexibility index (Phi) is 5.19. The van der Waals surface area contributed by atoms with Crippen molar-refractivity contribution in [1.29, 1.82) is 0 Å². The van der Waals surface area contributed by atoms with Crippen LogP contribution in [0.3, 0.4) is 0 Å². The van der Waals surface area contributed by atoms with Crippen molar-refractivity contribution in [2.45, 2.75) is 10.4 Å². The Hall–Kier alpha value is -2.52. The number of hydrogen-bond donors (Lipinski definition) is 1. The highest BCUT2D eigenvalue weighted by molar-refractivity contribution is 8.00. The van der Waals surface area contributed by atoms with Crippen LogP contribution in [-0.4, -0.2) is 21.6 Å². The highest BCUT2D eigenvalue weighted by atomic mass is 35.5. The summed E-state index contributed by atoms with van der Waals surface area (Å²) in [5, 5.41) is 10.4. The summed E-state index contributed by atoms with van der Waals surface area (Å²) in [7, 11) is 0. The number of halogens is 4. The molecule has 1 amide bonds. The van der Waals surface area contributed by atoms with Crippen molar-refractivity contribution in [2.75, 3.05) is 5.32 Å². The molecule has 0 radical (unpaired) electrons. The molecule has 10 heteroatoms. The number of hydrogen-bond acceptors (Lipinski definition) is 5. The molecule has 134 valence electrons. The number of thioether (sulfide) groups is 1. The quantitative estimate of drug-likeness (QED) is 0.606. The number of carbonyl (C=O) groups is 1. The fourth-order valence-electron chi connectivity index (χ4n) is 1.99. The van der Waals surface area contributed by atoms with Crippen molar-refractivity contribution in [3.8, 4) is 11.5 Å². The molecule has 0 aliphatic heterocycles. The van der Waals surface area contributed by atoms with Crippen molar-refractivity contribution < 1.29 is 22.4 Å². The molecule has 2 aromatic carbocycles. The number of anilines is 1. The molecule has 0 fully saturated rings. The van der Waals surface area contributed by atoms with E-state index in [1.54, 1.807) is 24.3 Å². The average Bonchev–Trinajstić information content (AvgIpc) is 3.02. The minimum Gasteiger partial charge on any atom is -0.403 e. The molecule has 1 aromatic heterocycles. The summed E-state index contributed by atoms with van der Waals surface area (Å²) < 4.78 is 42.6. The molecule has 5 nitrogen and oxygen atoms in total. The van der Waals surface area contributed by atoms with Crippen molar-refractivity contribution in [1.82, 2.24) is 10.2 Å². The molecule has 0 bridgehead atoms. The zero-order chi connectivity index (χ0) is 18.7. The fraction of sp³-hybridized carbons (Fsp3) is 0.0625. The van der Waals surface area contributed by atoms with Crippen LogP contribution in [0.15, 0.2) is 57.8 Å². The molecule has 0 saturated carbocycles. The number of nitrogens with one attached hydrogen (secondary N) is 1. The van der Waals surface area contributed by atoms with E-state index in [0.29, 0.717) is 10.6 Å². The molecular formula is C16H9ClF3N3O2S. The van der Waals surface area contributed by atoms with Gasteiger partial charge in [0.15, 0.2) is 0 Å². The number of alkyl halides is 3. The van der Waals surface area contributed by atoms with Crippen LogP contribution in [0.1, 0.15) is 10.4 Å². The molecule has 26 heavy (non-hydrogen) atoms. The number of carbonyl (C=O) groups excluding carboxylic acids is 1. The van der Waals surface area contributed by atoms with Gasteiger partial charge in [-0.1, -0.05) is 22.8 Å². The van der Waals surface area contributed by atoms with E-state index in [0.717, 1.165) is 6.07 Å². The first-order valence-electron chi connectivity index (χ1n) is 7.07. The fourth-order valence-corrected chi connectivity index (χ4v) is 2.71. The van der Waals surface area contributed by atoms with Gasteiger partial charge in [0.1, 0.15) is 0 Å². The van der Waals surface area contributed by atoms with Crippen molar-refractivity contribution >= 4 is 35.3 Å². The first-order valence-corrected chi connectivity index (χ1v) is 8.26. The Balaban J connectivity index is 1.72. The van der Waals surface area contributed by atoms with Crippen LogP contribution in [0, 0.1) is 0 Å². The molecule has 1 heterocycles. The van der Waals surface area contributed by atoms with Crippen LogP contribution in [0.25, 0.3) is 11.5 Å². The van der Waals surface area contributed by atoms with E-state index in [4.69, 9.17) is 16.0 Å². The largest absolute Gasteiger partial charge is 0.446 e. The van der Waals surface area contributed by atoms with E-state index in [2.05, 4.69) is 15.5 Å². The van der Waals surface area contributed by atoms with Gasteiger partial charge in [-0.15, -0.1) is 5.10 Å². The van der Waals surface area contributed by atoms with Crippen LogP contribution >= 0.6 is 23.4 Å². The topological polar surface area (TPSA) is 68.0 Å². The van der Waals surface area contributed by atoms with Gasteiger partial charge in [0.05, 0.1) is 0 Å². The maximum absolute atomic E-state index is 12.4. The summed E-state index contributed by atoms with van der Waals surface area (Å²) in [6.45, 7) is 0. The van der Waals surface area contributed by atoms with Gasteiger partial charge in [-0.3, -0.25) is 10.1 Å². The summed E-state index contributed by atoms with van der Waals surface area (Å²) >= 11 is 5.50. The summed E-state index contributed by atoms with van der Waals surface area (Å²) in [5.41, 5.74) is -3.80. The van der Waals surface area contributed by atoms with Crippen molar-refractivity contribution in [3.63, 3.8) is 0 Å². The third-order valence-electron chi connectivity index (χ3n) is 3.07. The predicted octanol–water partition coefficient (Wildman–Crippen LogP) is 5.25. The van der Waals surface area contributed by atoms with Crippen LogP contribution < -0.4 is 5.32 Å². The predicted molar refractivity (Wildman–Crippen MR) is 91.1 cm³/mol. The minimum atomic E-state index is -4.44. The van der Waals surface area contributed by atoms with Crippen LogP contribution in [0.2, 0.25) is 5.02 Å². The molecule has 3 rings (SSSR count). The molecule has 0 aliphatic carbocycles. The van der Waals surface area contributed by atoms with Gasteiger partial charge in [-0.25, -0.2) is 0 Å². The van der Waals surface area contributed by atoms with Crippen LogP contribution in [0.5, 0.6) is 0 Å². The second-order valence-electron chi connectivity index (χ2n) is 4.95. The van der Waals surface area contributed by atoms with Gasteiger partial charge >= 0.3 is 11.5 Å². The summed E-state index contributed by atoms with van der Waals surface area (Å²) in [5.74, 6) is -0.501. The molecule has 0 saturated heterocycles. The smallest absolute Gasteiger partial charge is 0.403 e. The van der Waals surface area contributed by atoms with E-state index in [9.17, 15) is 18.0 Å². The lowest BCUT2D eigenvalue weighted by molar-refractivity contribution is -0.0328. The third kappa shape index (κ3) is 4.77. The molecule has 0 atom stereocenters. The second-order valence-corrected chi connectivity index (χ2v) is 6.52. The second kappa shape index (κ2) is 7.38. The number of rotatable bonds is 4. The Morgan fingerprint density at radius 3 is 2.54 bits per heavy atom. The summed E-state index contributed by atoms with van der Waals surface area (Å²) in [4.78, 5) is 12.1. The lowest BCUT2D eigenvalue weighted by atomic mass is 10.2. The normalized spacial score (nSPS) is 11.4. The third-order valence-corrected chi connectivity index (χ3v) is 4.04. The number of nitrogens with zero attached hydrogens (tertiary/aromatic N) is 2. The van der Waals surface area contributed by atoms with Gasteiger partial charge in [0.2, 0.25) is 5.89 Å².